The van der Waals surface area contributed by atoms with Gasteiger partial charge in [-0.05, 0) is 24.6 Å². The lowest BCUT2D eigenvalue weighted by Gasteiger charge is -2.05. The Bertz CT molecular complexity index is 759. The molecule has 1 aromatic heterocycles. The van der Waals surface area contributed by atoms with E-state index in [0.29, 0.717) is 19.4 Å². The Morgan fingerprint density at radius 2 is 2.05 bits per heavy atom. The molecule has 0 saturated heterocycles. The second-order valence-electron chi connectivity index (χ2n) is 5.47. The molecule has 0 saturated carbocycles. The van der Waals surface area contributed by atoms with Crippen molar-refractivity contribution >= 4 is 16.9 Å². The van der Waals surface area contributed by atoms with Crippen molar-refractivity contribution in [3.05, 3.63) is 65.5 Å². The van der Waals surface area contributed by atoms with Crippen molar-refractivity contribution < 1.29 is 4.79 Å². The number of nitrogens with one attached hydrogen (secondary N) is 2. The summed E-state index contributed by atoms with van der Waals surface area (Å²) in [5.41, 5.74) is 4.21. The fraction of sp³-hybridized carbons (Fsp3) is 0.222. The molecule has 112 valence electrons. The van der Waals surface area contributed by atoms with Crippen molar-refractivity contribution in [1.82, 2.24) is 15.3 Å². The van der Waals surface area contributed by atoms with Crippen molar-refractivity contribution in [2.45, 2.75) is 19.8 Å². The molecule has 0 bridgehead atoms. The van der Waals surface area contributed by atoms with Gasteiger partial charge in [0.1, 0.15) is 5.82 Å². The molecule has 0 radical (unpaired) electrons. The molecule has 4 heteroatoms. The Morgan fingerprint density at radius 1 is 1.18 bits per heavy atom. The lowest BCUT2D eigenvalue weighted by molar-refractivity contribution is -0.120. The molecule has 3 aromatic rings. The van der Waals surface area contributed by atoms with Crippen LogP contribution in [0, 0.1) is 6.92 Å². The molecule has 2 aromatic carbocycles. The summed E-state index contributed by atoms with van der Waals surface area (Å²) in [5.74, 6) is 0.943. The molecule has 1 amide bonds. The van der Waals surface area contributed by atoms with Crippen LogP contribution in [0.15, 0.2) is 48.5 Å². The minimum Gasteiger partial charge on any atom is -0.355 e. The summed E-state index contributed by atoms with van der Waals surface area (Å²) in [4.78, 5) is 19.7. The molecular weight excluding hydrogens is 274 g/mol. The summed E-state index contributed by atoms with van der Waals surface area (Å²) < 4.78 is 0. The van der Waals surface area contributed by atoms with E-state index >= 15 is 0 Å². The molecule has 0 aliphatic carbocycles. The van der Waals surface area contributed by atoms with Crippen LogP contribution in [-0.4, -0.2) is 22.4 Å². The highest BCUT2D eigenvalue weighted by molar-refractivity contribution is 5.78. The van der Waals surface area contributed by atoms with Crippen LogP contribution < -0.4 is 5.32 Å². The first kappa shape index (κ1) is 14.3. The third kappa shape index (κ3) is 3.52. The highest BCUT2D eigenvalue weighted by Gasteiger charge is 2.05. The van der Waals surface area contributed by atoms with Gasteiger partial charge in [0.25, 0.3) is 0 Å². The molecular formula is C18H19N3O. The maximum absolute atomic E-state index is 11.9. The van der Waals surface area contributed by atoms with E-state index in [-0.39, 0.29) is 5.91 Å². The Labute approximate surface area is 129 Å². The highest BCUT2D eigenvalue weighted by Crippen LogP contribution is 2.10. The van der Waals surface area contributed by atoms with E-state index in [1.54, 1.807) is 0 Å². The average Bonchev–Trinajstić information content (AvgIpc) is 2.90. The molecule has 22 heavy (non-hydrogen) atoms. The van der Waals surface area contributed by atoms with Gasteiger partial charge >= 0.3 is 0 Å². The van der Waals surface area contributed by atoms with Crippen molar-refractivity contribution in [3.63, 3.8) is 0 Å². The fourth-order valence-corrected chi connectivity index (χ4v) is 2.51. The predicted molar refractivity (Wildman–Crippen MR) is 87.7 cm³/mol. The molecule has 0 aliphatic heterocycles. The van der Waals surface area contributed by atoms with E-state index in [4.69, 9.17) is 0 Å². The van der Waals surface area contributed by atoms with Crippen molar-refractivity contribution in [2.75, 3.05) is 6.54 Å². The number of hydrogen-bond donors (Lipinski definition) is 2. The van der Waals surface area contributed by atoms with Gasteiger partial charge in [-0.2, -0.15) is 0 Å². The number of H-pyrrole nitrogens is 1. The van der Waals surface area contributed by atoms with Gasteiger partial charge in [0.15, 0.2) is 0 Å². The Morgan fingerprint density at radius 3 is 2.86 bits per heavy atom. The molecule has 0 unspecified atom stereocenters. The van der Waals surface area contributed by atoms with E-state index in [2.05, 4.69) is 15.3 Å². The second-order valence-corrected chi connectivity index (χ2v) is 5.47. The highest BCUT2D eigenvalue weighted by atomic mass is 16.1. The molecule has 3 rings (SSSR count). The number of imidazole rings is 1. The number of hydrogen-bond acceptors (Lipinski definition) is 2. The smallest absolute Gasteiger partial charge is 0.224 e. The normalized spacial score (nSPS) is 10.8. The number of aryl methyl sites for hydroxylation is 1. The third-order valence-corrected chi connectivity index (χ3v) is 3.57. The third-order valence-electron chi connectivity index (χ3n) is 3.57. The van der Waals surface area contributed by atoms with E-state index in [9.17, 15) is 4.79 Å². The minimum absolute atomic E-state index is 0.0433. The van der Waals surface area contributed by atoms with Gasteiger partial charge in [0, 0.05) is 13.0 Å². The number of benzene rings is 2. The second kappa shape index (κ2) is 6.43. The summed E-state index contributed by atoms with van der Waals surface area (Å²) in [7, 11) is 0. The summed E-state index contributed by atoms with van der Waals surface area (Å²) in [6, 6.07) is 16.0. The van der Waals surface area contributed by atoms with Crippen LogP contribution in [0.4, 0.5) is 0 Å². The average molecular weight is 293 g/mol. The number of amides is 1. The lowest BCUT2D eigenvalue weighted by Crippen LogP contribution is -2.27. The fourth-order valence-electron chi connectivity index (χ4n) is 2.51. The van der Waals surface area contributed by atoms with Gasteiger partial charge in [-0.3, -0.25) is 4.79 Å². The van der Waals surface area contributed by atoms with Crippen molar-refractivity contribution in [3.8, 4) is 0 Å². The largest absolute Gasteiger partial charge is 0.355 e. The molecule has 0 fully saturated rings. The first-order valence-corrected chi connectivity index (χ1v) is 7.46. The van der Waals surface area contributed by atoms with E-state index in [0.717, 1.165) is 22.4 Å². The van der Waals surface area contributed by atoms with Gasteiger partial charge in [0.2, 0.25) is 5.91 Å². The molecule has 2 N–H and O–H groups in total. The topological polar surface area (TPSA) is 57.8 Å². The Balaban J connectivity index is 1.51. The first-order valence-electron chi connectivity index (χ1n) is 7.46. The predicted octanol–water partition coefficient (Wildman–Crippen LogP) is 2.77. The molecule has 0 aliphatic rings. The van der Waals surface area contributed by atoms with Crippen LogP contribution in [0.2, 0.25) is 0 Å². The van der Waals surface area contributed by atoms with Crippen LogP contribution in [0.3, 0.4) is 0 Å². The maximum atomic E-state index is 11.9. The van der Waals surface area contributed by atoms with E-state index < -0.39 is 0 Å². The number of para-hydroxylation sites is 2. The monoisotopic (exact) mass is 293 g/mol. The lowest BCUT2D eigenvalue weighted by atomic mass is 10.1. The number of nitrogens with zero attached hydrogens (tertiary/aromatic N) is 1. The van der Waals surface area contributed by atoms with Gasteiger partial charge < -0.3 is 10.3 Å². The summed E-state index contributed by atoms with van der Waals surface area (Å²) >= 11 is 0. The standard InChI is InChI=1S/C18H19N3O/c1-13-5-4-6-14(11-13)12-18(22)19-10-9-17-20-15-7-2-3-8-16(15)21-17/h2-8,11H,9-10,12H2,1H3,(H,19,22)(H,20,21). The number of fused-ring (bicyclic) bond motifs is 1. The zero-order chi connectivity index (χ0) is 15.4. The van der Waals surface area contributed by atoms with Crippen LogP contribution in [0.25, 0.3) is 11.0 Å². The van der Waals surface area contributed by atoms with Crippen molar-refractivity contribution in [2.24, 2.45) is 0 Å². The zero-order valence-corrected chi connectivity index (χ0v) is 12.6. The Hall–Kier alpha value is -2.62. The molecule has 1 heterocycles. The van der Waals surface area contributed by atoms with Gasteiger partial charge in [0.05, 0.1) is 17.5 Å². The Kier molecular flexibility index (Phi) is 4.19. The van der Waals surface area contributed by atoms with Crippen molar-refractivity contribution in [1.29, 1.82) is 0 Å². The summed E-state index contributed by atoms with van der Waals surface area (Å²) in [6.45, 7) is 2.62. The van der Waals surface area contributed by atoms with Crippen LogP contribution >= 0.6 is 0 Å². The van der Waals surface area contributed by atoms with Crippen LogP contribution in [-0.2, 0) is 17.6 Å². The van der Waals surface area contributed by atoms with E-state index in [1.165, 1.54) is 5.56 Å². The van der Waals surface area contributed by atoms with E-state index in [1.807, 2.05) is 55.5 Å². The summed E-state index contributed by atoms with van der Waals surface area (Å²) in [6.07, 6.45) is 1.12. The molecule has 0 atom stereocenters. The number of carbonyl (C=O) groups is 1. The van der Waals surface area contributed by atoms with Gasteiger partial charge in [-0.25, -0.2) is 4.98 Å². The molecule has 0 spiro atoms. The van der Waals surface area contributed by atoms with Gasteiger partial charge in [-0.1, -0.05) is 42.0 Å². The zero-order valence-electron chi connectivity index (χ0n) is 12.6. The minimum atomic E-state index is 0.0433. The number of aromatic amines is 1. The summed E-state index contributed by atoms with van der Waals surface area (Å²) in [5, 5.41) is 2.94. The molecule has 4 nitrogen and oxygen atoms in total. The number of carbonyl (C=O) groups excluding carboxylic acids is 1. The number of aromatic nitrogens is 2. The first-order chi connectivity index (χ1) is 10.7. The maximum Gasteiger partial charge on any atom is 0.224 e. The SMILES string of the molecule is Cc1cccc(CC(=O)NCCc2nc3ccccc3[nH]2)c1. The van der Waals surface area contributed by atoms with Gasteiger partial charge in [-0.15, -0.1) is 0 Å². The number of rotatable bonds is 5. The van der Waals surface area contributed by atoms with Crippen LogP contribution in [0.1, 0.15) is 17.0 Å². The quantitative estimate of drug-likeness (QED) is 0.760. The van der Waals surface area contributed by atoms with Crippen LogP contribution in [0.5, 0.6) is 0 Å².